The predicted molar refractivity (Wildman–Crippen MR) is 123 cm³/mol. The molecule has 0 bridgehead atoms. The molecule has 0 atom stereocenters. The molecular formula is C24H23ClN2O3. The molecule has 4 aromatic rings. The molecule has 5 nitrogen and oxygen atoms in total. The zero-order chi connectivity index (χ0) is 20.2. The Morgan fingerprint density at radius 1 is 1.00 bits per heavy atom. The predicted octanol–water partition coefficient (Wildman–Crippen LogP) is 6.11. The van der Waals surface area contributed by atoms with Crippen molar-refractivity contribution in [3.8, 4) is 5.75 Å². The Bertz CT molecular complexity index is 1180. The number of carboxylic acid groups (broad SMARTS) is 1. The lowest BCUT2D eigenvalue weighted by atomic mass is 10.0. The van der Waals surface area contributed by atoms with Crippen molar-refractivity contribution >= 4 is 51.6 Å². The molecular weight excluding hydrogens is 400 g/mol. The minimum Gasteiger partial charge on any atom is -0.494 e. The highest BCUT2D eigenvalue weighted by molar-refractivity contribution is 6.09. The van der Waals surface area contributed by atoms with Gasteiger partial charge >= 0.3 is 5.97 Å². The summed E-state index contributed by atoms with van der Waals surface area (Å²) in [5.41, 5.74) is 5.06. The van der Waals surface area contributed by atoms with E-state index in [0.717, 1.165) is 44.5 Å². The van der Waals surface area contributed by atoms with Crippen LogP contribution in [0, 0.1) is 6.92 Å². The summed E-state index contributed by atoms with van der Waals surface area (Å²) in [6.07, 6.45) is 0.602. The van der Waals surface area contributed by atoms with Crippen molar-refractivity contribution in [3.05, 3.63) is 72.3 Å². The van der Waals surface area contributed by atoms with Crippen molar-refractivity contribution in [1.29, 1.82) is 0 Å². The monoisotopic (exact) mass is 422 g/mol. The summed E-state index contributed by atoms with van der Waals surface area (Å²) in [5, 5.41) is 14.4. The van der Waals surface area contributed by atoms with Crippen molar-refractivity contribution in [3.63, 3.8) is 0 Å². The smallest absolute Gasteiger partial charge is 0.303 e. The topological polar surface area (TPSA) is 71.5 Å². The highest BCUT2D eigenvalue weighted by Crippen LogP contribution is 2.34. The molecule has 6 heteroatoms. The lowest BCUT2D eigenvalue weighted by Crippen LogP contribution is -2.02. The SMILES string of the molecule is Cc1cccc2c(Nc3ccc(OCCCC(=O)O)cc3)c3ccccc3nc12.Cl. The molecule has 0 radical (unpaired) electrons. The molecule has 0 saturated carbocycles. The molecule has 0 saturated heterocycles. The minimum atomic E-state index is -0.805. The lowest BCUT2D eigenvalue weighted by molar-refractivity contribution is -0.137. The summed E-state index contributed by atoms with van der Waals surface area (Å²) in [6.45, 7) is 2.46. The van der Waals surface area contributed by atoms with Gasteiger partial charge in [-0.05, 0) is 49.2 Å². The number of carboxylic acids is 1. The molecule has 3 aromatic carbocycles. The molecule has 0 amide bonds. The molecule has 0 aliphatic heterocycles. The second-order valence-electron chi connectivity index (χ2n) is 6.97. The number of nitrogens with zero attached hydrogens (tertiary/aromatic N) is 1. The Morgan fingerprint density at radius 3 is 2.50 bits per heavy atom. The van der Waals surface area contributed by atoms with Gasteiger partial charge in [0, 0.05) is 22.9 Å². The molecule has 154 valence electrons. The number of hydrogen-bond acceptors (Lipinski definition) is 4. The van der Waals surface area contributed by atoms with Crippen molar-refractivity contribution < 1.29 is 14.6 Å². The second-order valence-corrected chi connectivity index (χ2v) is 6.97. The molecule has 4 rings (SSSR count). The summed E-state index contributed by atoms with van der Waals surface area (Å²) >= 11 is 0. The number of pyridine rings is 1. The molecule has 1 heterocycles. The van der Waals surface area contributed by atoms with E-state index in [1.807, 2.05) is 48.5 Å². The van der Waals surface area contributed by atoms with Gasteiger partial charge in [0.1, 0.15) is 5.75 Å². The number of ether oxygens (including phenoxy) is 1. The first kappa shape index (κ1) is 21.4. The fourth-order valence-corrected chi connectivity index (χ4v) is 3.38. The van der Waals surface area contributed by atoms with E-state index in [4.69, 9.17) is 14.8 Å². The average Bonchev–Trinajstić information content (AvgIpc) is 2.73. The largest absolute Gasteiger partial charge is 0.494 e. The summed E-state index contributed by atoms with van der Waals surface area (Å²) < 4.78 is 5.62. The number of anilines is 2. The first-order valence-electron chi connectivity index (χ1n) is 9.61. The first-order valence-corrected chi connectivity index (χ1v) is 9.61. The third-order valence-electron chi connectivity index (χ3n) is 4.84. The van der Waals surface area contributed by atoms with Crippen molar-refractivity contribution in [2.24, 2.45) is 0 Å². The van der Waals surface area contributed by atoms with Crippen molar-refractivity contribution in [1.82, 2.24) is 4.98 Å². The minimum absolute atomic E-state index is 0. The van der Waals surface area contributed by atoms with E-state index in [-0.39, 0.29) is 18.8 Å². The third kappa shape index (κ3) is 4.63. The number of carbonyl (C=O) groups is 1. The van der Waals surface area contributed by atoms with Crippen molar-refractivity contribution in [2.75, 3.05) is 11.9 Å². The van der Waals surface area contributed by atoms with Gasteiger partial charge in [-0.1, -0.05) is 36.4 Å². The van der Waals surface area contributed by atoms with Crippen LogP contribution in [0.15, 0.2) is 66.7 Å². The van der Waals surface area contributed by atoms with Crippen LogP contribution < -0.4 is 10.1 Å². The van der Waals surface area contributed by atoms with Crippen LogP contribution in [0.25, 0.3) is 21.8 Å². The summed E-state index contributed by atoms with van der Waals surface area (Å²) in [5.74, 6) is -0.0820. The van der Waals surface area contributed by atoms with Crippen LogP contribution in [0.1, 0.15) is 18.4 Å². The fourth-order valence-electron chi connectivity index (χ4n) is 3.38. The number of aryl methyl sites for hydroxylation is 1. The number of hydrogen-bond donors (Lipinski definition) is 2. The molecule has 0 fully saturated rings. The number of aromatic nitrogens is 1. The first-order chi connectivity index (χ1) is 14.1. The highest BCUT2D eigenvalue weighted by atomic mass is 35.5. The van der Waals surface area contributed by atoms with Gasteiger partial charge in [0.15, 0.2) is 0 Å². The number of halogens is 1. The van der Waals surface area contributed by atoms with E-state index in [0.29, 0.717) is 13.0 Å². The van der Waals surface area contributed by atoms with E-state index >= 15 is 0 Å². The van der Waals surface area contributed by atoms with Crippen LogP contribution in [0.2, 0.25) is 0 Å². The van der Waals surface area contributed by atoms with E-state index in [9.17, 15) is 4.79 Å². The lowest BCUT2D eigenvalue weighted by Gasteiger charge is -2.15. The fraction of sp³-hybridized carbons (Fsp3) is 0.167. The van der Waals surface area contributed by atoms with Crippen LogP contribution in [-0.2, 0) is 4.79 Å². The Kier molecular flexibility index (Phi) is 6.75. The Balaban J connectivity index is 0.00000256. The summed E-state index contributed by atoms with van der Waals surface area (Å²) in [7, 11) is 0. The maximum absolute atomic E-state index is 10.6. The third-order valence-corrected chi connectivity index (χ3v) is 4.84. The zero-order valence-corrected chi connectivity index (χ0v) is 17.4. The molecule has 0 unspecified atom stereocenters. The number of benzene rings is 3. The number of aliphatic carboxylic acids is 1. The van der Waals surface area contributed by atoms with Crippen molar-refractivity contribution in [2.45, 2.75) is 19.8 Å². The van der Waals surface area contributed by atoms with Crippen LogP contribution in [0.3, 0.4) is 0 Å². The number of fused-ring (bicyclic) bond motifs is 2. The average molecular weight is 423 g/mol. The van der Waals surface area contributed by atoms with E-state index in [1.165, 1.54) is 0 Å². The van der Waals surface area contributed by atoms with Gasteiger partial charge in [-0.25, -0.2) is 4.98 Å². The molecule has 0 aliphatic rings. The number of nitrogens with one attached hydrogen (secondary N) is 1. The maximum atomic E-state index is 10.6. The van der Waals surface area contributed by atoms with Crippen LogP contribution in [0.4, 0.5) is 11.4 Å². The van der Waals surface area contributed by atoms with Gasteiger partial charge in [-0.3, -0.25) is 4.79 Å². The van der Waals surface area contributed by atoms with E-state index in [1.54, 1.807) is 0 Å². The van der Waals surface area contributed by atoms with Gasteiger partial charge in [-0.2, -0.15) is 0 Å². The van der Waals surface area contributed by atoms with Crippen LogP contribution in [0.5, 0.6) is 5.75 Å². The van der Waals surface area contributed by atoms with Gasteiger partial charge in [0.25, 0.3) is 0 Å². The van der Waals surface area contributed by atoms with Gasteiger partial charge in [-0.15, -0.1) is 12.4 Å². The van der Waals surface area contributed by atoms with Gasteiger partial charge in [0.2, 0.25) is 0 Å². The molecule has 1 aromatic heterocycles. The summed E-state index contributed by atoms with van der Waals surface area (Å²) in [6, 6.07) is 22.0. The standard InChI is InChI=1S/C24H22N2O3.ClH/c1-16-6-4-8-20-23(16)26-21-9-3-2-7-19(21)24(20)25-17-11-13-18(14-12-17)29-15-5-10-22(27)28;/h2-4,6-9,11-14H,5,10,15H2,1H3,(H,25,26)(H,27,28);1H. The molecule has 0 aliphatic carbocycles. The molecule has 2 N–H and O–H groups in total. The van der Waals surface area contributed by atoms with Gasteiger partial charge in [0.05, 0.1) is 23.3 Å². The highest BCUT2D eigenvalue weighted by Gasteiger charge is 2.10. The quantitative estimate of drug-likeness (QED) is 0.278. The van der Waals surface area contributed by atoms with E-state index in [2.05, 4.69) is 30.4 Å². The Labute approximate surface area is 181 Å². The van der Waals surface area contributed by atoms with Crippen LogP contribution >= 0.6 is 12.4 Å². The Hall–Kier alpha value is -3.31. The molecule has 30 heavy (non-hydrogen) atoms. The van der Waals surface area contributed by atoms with Crippen LogP contribution in [-0.4, -0.2) is 22.7 Å². The Morgan fingerprint density at radius 2 is 1.73 bits per heavy atom. The number of rotatable bonds is 7. The second kappa shape index (κ2) is 9.46. The van der Waals surface area contributed by atoms with E-state index < -0.39 is 5.97 Å². The number of para-hydroxylation sites is 2. The maximum Gasteiger partial charge on any atom is 0.303 e. The normalized spacial score (nSPS) is 10.6. The van der Waals surface area contributed by atoms with Gasteiger partial charge < -0.3 is 15.2 Å². The summed E-state index contributed by atoms with van der Waals surface area (Å²) in [4.78, 5) is 15.4. The zero-order valence-electron chi connectivity index (χ0n) is 16.6. The molecule has 0 spiro atoms.